The number of carbonyl (C=O) groups excluding carboxylic acids is 2. The third-order valence-electron chi connectivity index (χ3n) is 3.18. The number of hydrogen-bond acceptors (Lipinski definition) is 4. The predicted octanol–water partition coefficient (Wildman–Crippen LogP) is 4.41. The van der Waals surface area contributed by atoms with Gasteiger partial charge in [-0.1, -0.05) is 28.1 Å². The first-order valence-electron chi connectivity index (χ1n) is 7.20. The maximum absolute atomic E-state index is 12.0. The molecule has 0 amide bonds. The van der Waals surface area contributed by atoms with Gasteiger partial charge in [-0.2, -0.15) is 0 Å². The van der Waals surface area contributed by atoms with E-state index < -0.39 is 5.97 Å². The van der Waals surface area contributed by atoms with E-state index in [1.54, 1.807) is 25.1 Å². The number of carbonyl (C=O) groups is 2. The van der Waals surface area contributed by atoms with Gasteiger partial charge in [0.15, 0.2) is 5.78 Å². The van der Waals surface area contributed by atoms with Crippen LogP contribution in [0.25, 0.3) is 0 Å². The Morgan fingerprint density at radius 3 is 2.35 bits per heavy atom. The van der Waals surface area contributed by atoms with Gasteiger partial charge in [0.25, 0.3) is 0 Å². The molecule has 0 saturated heterocycles. The highest BCUT2D eigenvalue weighted by atomic mass is 79.9. The molecule has 4 nitrogen and oxygen atoms in total. The zero-order valence-electron chi connectivity index (χ0n) is 13.0. The van der Waals surface area contributed by atoms with Gasteiger partial charge in [-0.05, 0) is 49.7 Å². The lowest BCUT2D eigenvalue weighted by molar-refractivity contribution is 0.0522. The van der Waals surface area contributed by atoms with Gasteiger partial charge in [-0.25, -0.2) is 4.79 Å². The monoisotopic (exact) mass is 376 g/mol. The minimum Gasteiger partial charge on any atom is -0.489 e. The van der Waals surface area contributed by atoms with Crippen molar-refractivity contribution in [2.24, 2.45) is 0 Å². The quantitative estimate of drug-likeness (QED) is 0.553. The fraction of sp³-hybridized carbons (Fsp3) is 0.222. The van der Waals surface area contributed by atoms with Gasteiger partial charge in [0.1, 0.15) is 12.4 Å². The highest BCUT2D eigenvalue weighted by molar-refractivity contribution is 9.10. The number of hydrogen-bond donors (Lipinski definition) is 0. The minimum absolute atomic E-state index is 0.187. The number of benzene rings is 2. The molecule has 0 unspecified atom stereocenters. The number of esters is 1. The topological polar surface area (TPSA) is 52.6 Å². The maximum Gasteiger partial charge on any atom is 0.338 e. The molecular weight excluding hydrogens is 360 g/mol. The molecule has 0 atom stereocenters. The van der Waals surface area contributed by atoms with Crippen molar-refractivity contribution in [2.45, 2.75) is 20.5 Å². The molecule has 0 radical (unpaired) electrons. The molecule has 0 fully saturated rings. The molecule has 0 saturated carbocycles. The van der Waals surface area contributed by atoms with Gasteiger partial charge >= 0.3 is 5.97 Å². The van der Waals surface area contributed by atoms with Crippen LogP contribution in [0, 0.1) is 0 Å². The van der Waals surface area contributed by atoms with Crippen molar-refractivity contribution >= 4 is 27.7 Å². The predicted molar refractivity (Wildman–Crippen MR) is 90.9 cm³/mol. The van der Waals surface area contributed by atoms with E-state index in [-0.39, 0.29) is 18.0 Å². The van der Waals surface area contributed by atoms with Crippen molar-refractivity contribution < 1.29 is 19.1 Å². The van der Waals surface area contributed by atoms with Crippen LogP contribution in [0.1, 0.15) is 40.1 Å². The van der Waals surface area contributed by atoms with E-state index in [4.69, 9.17) is 9.47 Å². The molecule has 2 rings (SSSR count). The van der Waals surface area contributed by atoms with Crippen LogP contribution in [0.15, 0.2) is 46.9 Å². The Kier molecular flexibility index (Phi) is 5.93. The summed E-state index contributed by atoms with van der Waals surface area (Å²) in [5, 5.41) is 0. The van der Waals surface area contributed by atoms with Crippen molar-refractivity contribution in [3.8, 4) is 5.75 Å². The first-order valence-corrected chi connectivity index (χ1v) is 8.00. The van der Waals surface area contributed by atoms with Crippen LogP contribution in [-0.2, 0) is 11.3 Å². The molecule has 0 aliphatic rings. The highest BCUT2D eigenvalue weighted by Gasteiger charge is 2.16. The summed E-state index contributed by atoms with van der Waals surface area (Å²) in [5.41, 5.74) is 1.56. The van der Waals surface area contributed by atoms with E-state index in [1.807, 2.05) is 24.3 Å². The standard InChI is InChI=1S/C18H17BrO4/c1-3-22-18(21)17-10-15(8-9-16(17)12(2)20)23-11-13-4-6-14(19)7-5-13/h4-10H,3,11H2,1-2H3. The molecule has 0 aliphatic carbocycles. The number of ketones is 1. The molecule has 0 N–H and O–H groups in total. The van der Waals surface area contributed by atoms with Gasteiger partial charge in [0, 0.05) is 10.0 Å². The van der Waals surface area contributed by atoms with Gasteiger partial charge in [0.05, 0.1) is 12.2 Å². The number of Topliss-reactive ketones (excluding diaryl/α,β-unsaturated/α-hetero) is 1. The van der Waals surface area contributed by atoms with E-state index in [9.17, 15) is 9.59 Å². The summed E-state index contributed by atoms with van der Waals surface area (Å²) in [6.45, 7) is 3.76. The number of halogens is 1. The molecule has 2 aromatic rings. The molecule has 2 aromatic carbocycles. The molecule has 5 heteroatoms. The summed E-state index contributed by atoms with van der Waals surface area (Å²) in [4.78, 5) is 23.6. The zero-order valence-corrected chi connectivity index (χ0v) is 14.6. The Hall–Kier alpha value is -2.14. The van der Waals surface area contributed by atoms with E-state index in [1.165, 1.54) is 6.92 Å². The van der Waals surface area contributed by atoms with Gasteiger partial charge in [-0.15, -0.1) is 0 Å². The first-order chi connectivity index (χ1) is 11.0. The second-order valence-corrected chi connectivity index (χ2v) is 5.81. The fourth-order valence-corrected chi connectivity index (χ4v) is 2.31. The highest BCUT2D eigenvalue weighted by Crippen LogP contribution is 2.21. The Balaban J connectivity index is 2.19. The van der Waals surface area contributed by atoms with Gasteiger partial charge in [0.2, 0.25) is 0 Å². The van der Waals surface area contributed by atoms with Crippen LogP contribution in [0.3, 0.4) is 0 Å². The van der Waals surface area contributed by atoms with Crippen LogP contribution in [0.4, 0.5) is 0 Å². The smallest absolute Gasteiger partial charge is 0.338 e. The van der Waals surface area contributed by atoms with Crippen molar-refractivity contribution in [1.82, 2.24) is 0 Å². The van der Waals surface area contributed by atoms with Crippen molar-refractivity contribution in [2.75, 3.05) is 6.61 Å². The summed E-state index contributed by atoms with van der Waals surface area (Å²) >= 11 is 3.38. The van der Waals surface area contributed by atoms with Crippen LogP contribution in [0.5, 0.6) is 5.75 Å². The molecule has 0 heterocycles. The lowest BCUT2D eigenvalue weighted by Gasteiger charge is -2.11. The zero-order chi connectivity index (χ0) is 16.8. The summed E-state index contributed by atoms with van der Waals surface area (Å²) in [5.74, 6) is -0.194. The average molecular weight is 377 g/mol. The van der Waals surface area contributed by atoms with Crippen LogP contribution >= 0.6 is 15.9 Å². The molecule has 120 valence electrons. The molecule has 0 aliphatic heterocycles. The van der Waals surface area contributed by atoms with Crippen LogP contribution in [0.2, 0.25) is 0 Å². The molecular formula is C18H17BrO4. The summed E-state index contributed by atoms with van der Waals surface area (Å²) < 4.78 is 11.7. The van der Waals surface area contributed by atoms with E-state index in [2.05, 4.69) is 15.9 Å². The summed E-state index contributed by atoms with van der Waals surface area (Å²) in [6.07, 6.45) is 0. The fourth-order valence-electron chi connectivity index (χ4n) is 2.05. The molecule has 0 bridgehead atoms. The normalized spacial score (nSPS) is 10.2. The van der Waals surface area contributed by atoms with Crippen LogP contribution in [-0.4, -0.2) is 18.4 Å². The summed E-state index contributed by atoms with van der Waals surface area (Å²) in [7, 11) is 0. The Morgan fingerprint density at radius 1 is 1.04 bits per heavy atom. The number of ether oxygens (including phenoxy) is 2. The van der Waals surface area contributed by atoms with Crippen molar-refractivity contribution in [3.05, 3.63) is 63.6 Å². The Morgan fingerprint density at radius 2 is 1.74 bits per heavy atom. The van der Waals surface area contributed by atoms with E-state index in [0.717, 1.165) is 10.0 Å². The lowest BCUT2D eigenvalue weighted by Crippen LogP contribution is -2.11. The maximum atomic E-state index is 12.0. The summed E-state index contributed by atoms with van der Waals surface area (Å²) in [6, 6.07) is 12.6. The molecule has 23 heavy (non-hydrogen) atoms. The Bertz CT molecular complexity index is 707. The SMILES string of the molecule is CCOC(=O)c1cc(OCc2ccc(Br)cc2)ccc1C(C)=O. The van der Waals surface area contributed by atoms with E-state index >= 15 is 0 Å². The van der Waals surface area contributed by atoms with Gasteiger partial charge < -0.3 is 9.47 Å². The largest absolute Gasteiger partial charge is 0.489 e. The van der Waals surface area contributed by atoms with Crippen molar-refractivity contribution in [3.63, 3.8) is 0 Å². The van der Waals surface area contributed by atoms with E-state index in [0.29, 0.717) is 17.9 Å². The first kappa shape index (κ1) is 17.2. The van der Waals surface area contributed by atoms with Crippen molar-refractivity contribution in [1.29, 1.82) is 0 Å². The molecule has 0 aromatic heterocycles. The molecule has 0 spiro atoms. The van der Waals surface area contributed by atoms with Crippen LogP contribution < -0.4 is 4.74 Å². The Labute approximate surface area is 143 Å². The third kappa shape index (κ3) is 4.66. The lowest BCUT2D eigenvalue weighted by atomic mass is 10.0. The number of rotatable bonds is 6. The second kappa shape index (κ2) is 7.92. The third-order valence-corrected chi connectivity index (χ3v) is 3.71. The average Bonchev–Trinajstić information content (AvgIpc) is 2.54. The second-order valence-electron chi connectivity index (χ2n) is 4.90. The minimum atomic E-state index is -0.521. The van der Waals surface area contributed by atoms with Gasteiger partial charge in [-0.3, -0.25) is 4.79 Å².